The van der Waals surface area contributed by atoms with Gasteiger partial charge in [-0.1, -0.05) is 0 Å². The van der Waals surface area contributed by atoms with Crippen LogP contribution < -0.4 is 10.6 Å². The Morgan fingerprint density at radius 2 is 1.83 bits per heavy atom. The second-order valence-electron chi connectivity index (χ2n) is 4.76. The third kappa shape index (κ3) is 4.29. The van der Waals surface area contributed by atoms with E-state index < -0.39 is 18.6 Å². The zero-order valence-corrected chi connectivity index (χ0v) is 10.6. The summed E-state index contributed by atoms with van der Waals surface area (Å²) in [6, 6.07) is 0. The summed E-state index contributed by atoms with van der Waals surface area (Å²) < 4.78 is 35.6. The second kappa shape index (κ2) is 6.08. The van der Waals surface area contributed by atoms with Gasteiger partial charge in [0.05, 0.1) is 6.54 Å². The minimum atomic E-state index is -4.33. The normalized spacial score (nSPS) is 27.7. The fourth-order valence-electron chi connectivity index (χ4n) is 2.54. The van der Waals surface area contributed by atoms with Crippen molar-refractivity contribution >= 4 is 18.3 Å². The van der Waals surface area contributed by atoms with Gasteiger partial charge in [0.2, 0.25) is 5.91 Å². The van der Waals surface area contributed by atoms with Gasteiger partial charge in [-0.2, -0.15) is 13.2 Å². The van der Waals surface area contributed by atoms with Gasteiger partial charge in [0.15, 0.2) is 0 Å². The molecule has 8 heteroatoms. The first kappa shape index (κ1) is 15.5. The molecule has 2 fully saturated rings. The molecule has 0 radical (unpaired) electrons. The topological polar surface area (TPSA) is 44.4 Å². The Labute approximate surface area is 110 Å². The highest BCUT2D eigenvalue weighted by atomic mass is 35.5. The van der Waals surface area contributed by atoms with E-state index in [4.69, 9.17) is 0 Å². The van der Waals surface area contributed by atoms with Crippen molar-refractivity contribution in [2.45, 2.75) is 6.18 Å². The lowest BCUT2D eigenvalue weighted by molar-refractivity contribution is -0.138. The molecule has 0 aromatic rings. The smallest absolute Gasteiger partial charge is 0.346 e. The summed E-state index contributed by atoms with van der Waals surface area (Å²) in [5, 5.41) is 5.16. The van der Waals surface area contributed by atoms with Crippen LogP contribution in [0.25, 0.3) is 0 Å². The van der Waals surface area contributed by atoms with Gasteiger partial charge in [-0.25, -0.2) is 0 Å². The van der Waals surface area contributed by atoms with Gasteiger partial charge < -0.3 is 10.6 Å². The molecule has 0 saturated carbocycles. The van der Waals surface area contributed by atoms with Crippen LogP contribution in [0.5, 0.6) is 0 Å². The predicted octanol–water partition coefficient (Wildman–Crippen LogP) is 0.238. The summed E-state index contributed by atoms with van der Waals surface area (Å²) in [5.74, 6) is 0.547. The first-order chi connectivity index (χ1) is 7.94. The Morgan fingerprint density at radius 3 is 2.33 bits per heavy atom. The molecule has 106 valence electrons. The van der Waals surface area contributed by atoms with Crippen molar-refractivity contribution in [3.63, 3.8) is 0 Å². The van der Waals surface area contributed by atoms with Crippen LogP contribution in [0.2, 0.25) is 0 Å². The Balaban J connectivity index is 0.00000162. The number of hydrogen-bond donors (Lipinski definition) is 2. The Morgan fingerprint density at radius 1 is 1.28 bits per heavy atom. The zero-order chi connectivity index (χ0) is 12.5. The highest BCUT2D eigenvalue weighted by Gasteiger charge is 2.36. The standard InChI is InChI=1S/C10H16F3N3O.ClH/c11-10(12,13)6-15-9(17)5-16-3-7-1-14-2-8(7)4-16;/h7-8,14H,1-6H2,(H,15,17);1H/t7-,8+;. The lowest BCUT2D eigenvalue weighted by Gasteiger charge is -2.16. The van der Waals surface area contributed by atoms with E-state index in [0.717, 1.165) is 26.2 Å². The van der Waals surface area contributed by atoms with E-state index >= 15 is 0 Å². The van der Waals surface area contributed by atoms with Crippen molar-refractivity contribution < 1.29 is 18.0 Å². The van der Waals surface area contributed by atoms with Crippen molar-refractivity contribution in [1.82, 2.24) is 15.5 Å². The van der Waals surface area contributed by atoms with Crippen molar-refractivity contribution in [1.29, 1.82) is 0 Å². The molecule has 0 aromatic heterocycles. The molecule has 2 rings (SSSR count). The predicted molar refractivity (Wildman–Crippen MR) is 62.6 cm³/mol. The number of fused-ring (bicyclic) bond motifs is 1. The third-order valence-electron chi connectivity index (χ3n) is 3.32. The van der Waals surface area contributed by atoms with Crippen LogP contribution in [0.15, 0.2) is 0 Å². The van der Waals surface area contributed by atoms with E-state index in [9.17, 15) is 18.0 Å². The van der Waals surface area contributed by atoms with E-state index in [0.29, 0.717) is 11.8 Å². The molecule has 4 nitrogen and oxygen atoms in total. The molecule has 2 heterocycles. The summed E-state index contributed by atoms with van der Waals surface area (Å²) in [7, 11) is 0. The van der Waals surface area contributed by atoms with Gasteiger partial charge in [0, 0.05) is 13.1 Å². The maximum atomic E-state index is 11.9. The number of amides is 1. The van der Waals surface area contributed by atoms with E-state index in [1.54, 1.807) is 0 Å². The van der Waals surface area contributed by atoms with E-state index in [1.165, 1.54) is 0 Å². The highest BCUT2D eigenvalue weighted by molar-refractivity contribution is 5.85. The van der Waals surface area contributed by atoms with E-state index in [2.05, 4.69) is 5.32 Å². The quantitative estimate of drug-likeness (QED) is 0.781. The average molecular weight is 288 g/mol. The number of nitrogens with zero attached hydrogens (tertiary/aromatic N) is 1. The van der Waals surface area contributed by atoms with E-state index in [1.807, 2.05) is 10.2 Å². The van der Waals surface area contributed by atoms with Gasteiger partial charge in [-0.05, 0) is 24.9 Å². The molecular weight excluding hydrogens is 271 g/mol. The molecule has 0 bridgehead atoms. The van der Waals surface area contributed by atoms with Crippen LogP contribution in [0, 0.1) is 11.8 Å². The van der Waals surface area contributed by atoms with Crippen molar-refractivity contribution in [3.05, 3.63) is 0 Å². The van der Waals surface area contributed by atoms with E-state index in [-0.39, 0.29) is 19.0 Å². The van der Waals surface area contributed by atoms with Gasteiger partial charge in [0.1, 0.15) is 6.54 Å². The Hall–Kier alpha value is -0.530. The molecular formula is C10H17ClF3N3O. The minimum absolute atomic E-state index is 0. The maximum Gasteiger partial charge on any atom is 0.405 e. The van der Waals surface area contributed by atoms with Crippen LogP contribution in [-0.4, -0.2) is 56.3 Å². The molecule has 1 amide bonds. The molecule has 0 spiro atoms. The van der Waals surface area contributed by atoms with Crippen LogP contribution in [0.1, 0.15) is 0 Å². The molecule has 2 saturated heterocycles. The lowest BCUT2D eigenvalue weighted by atomic mass is 10.0. The highest BCUT2D eigenvalue weighted by Crippen LogP contribution is 2.25. The second-order valence-corrected chi connectivity index (χ2v) is 4.76. The van der Waals surface area contributed by atoms with Gasteiger partial charge in [0.25, 0.3) is 0 Å². The third-order valence-corrected chi connectivity index (χ3v) is 3.32. The number of carbonyl (C=O) groups is 1. The van der Waals surface area contributed by atoms with Crippen LogP contribution in [0.3, 0.4) is 0 Å². The summed E-state index contributed by atoms with van der Waals surface area (Å²) in [4.78, 5) is 13.2. The maximum absolute atomic E-state index is 11.9. The molecule has 2 aliphatic heterocycles. The molecule has 18 heavy (non-hydrogen) atoms. The molecule has 0 unspecified atom stereocenters. The van der Waals surface area contributed by atoms with Crippen molar-refractivity contribution in [2.75, 3.05) is 39.3 Å². The van der Waals surface area contributed by atoms with Crippen LogP contribution in [0.4, 0.5) is 13.2 Å². The number of halogens is 4. The molecule has 2 atom stereocenters. The Kier molecular flexibility index (Phi) is 5.24. The molecule has 0 aromatic carbocycles. The monoisotopic (exact) mass is 287 g/mol. The van der Waals surface area contributed by atoms with Gasteiger partial charge in [-0.3, -0.25) is 9.69 Å². The first-order valence-corrected chi connectivity index (χ1v) is 5.70. The van der Waals surface area contributed by atoms with Crippen LogP contribution in [-0.2, 0) is 4.79 Å². The summed E-state index contributed by atoms with van der Waals surface area (Å²) >= 11 is 0. The summed E-state index contributed by atoms with van der Waals surface area (Å²) in [6.45, 7) is 2.34. The van der Waals surface area contributed by atoms with Crippen LogP contribution >= 0.6 is 12.4 Å². The number of rotatable bonds is 3. The number of alkyl halides is 3. The van der Waals surface area contributed by atoms with Gasteiger partial charge >= 0.3 is 6.18 Å². The summed E-state index contributed by atoms with van der Waals surface area (Å²) in [5.41, 5.74) is 0. The SMILES string of the molecule is Cl.O=C(CN1C[C@H]2CNC[C@H]2C1)NCC(F)(F)F. The Bertz CT molecular complexity index is 289. The number of likely N-dealkylation sites (tertiary alicyclic amines) is 1. The number of nitrogens with one attached hydrogen (secondary N) is 2. The largest absolute Gasteiger partial charge is 0.405 e. The van der Waals surface area contributed by atoms with Crippen molar-refractivity contribution in [2.24, 2.45) is 11.8 Å². The summed E-state index contributed by atoms with van der Waals surface area (Å²) in [6.07, 6.45) is -4.33. The molecule has 2 N–H and O–H groups in total. The average Bonchev–Trinajstić information content (AvgIpc) is 2.73. The number of hydrogen-bond acceptors (Lipinski definition) is 3. The van der Waals surface area contributed by atoms with Gasteiger partial charge in [-0.15, -0.1) is 12.4 Å². The fraction of sp³-hybridized carbons (Fsp3) is 0.900. The number of carbonyl (C=O) groups excluding carboxylic acids is 1. The minimum Gasteiger partial charge on any atom is -0.346 e. The zero-order valence-electron chi connectivity index (χ0n) is 9.79. The lowest BCUT2D eigenvalue weighted by Crippen LogP contribution is -2.41. The molecule has 2 aliphatic rings. The first-order valence-electron chi connectivity index (χ1n) is 5.70. The molecule has 0 aliphatic carbocycles. The fourth-order valence-corrected chi connectivity index (χ4v) is 2.54. The van der Waals surface area contributed by atoms with Crippen molar-refractivity contribution in [3.8, 4) is 0 Å².